The van der Waals surface area contributed by atoms with Crippen LogP contribution >= 0.6 is 27.3 Å². The molecule has 1 atom stereocenters. The summed E-state index contributed by atoms with van der Waals surface area (Å²) in [6.07, 6.45) is 0. The van der Waals surface area contributed by atoms with Crippen molar-refractivity contribution in [3.63, 3.8) is 0 Å². The third-order valence-electron chi connectivity index (χ3n) is 2.92. The molecule has 1 aromatic heterocycles. The van der Waals surface area contributed by atoms with Gasteiger partial charge in [0.05, 0.1) is 24.0 Å². The minimum absolute atomic E-state index is 0.0846. The minimum Gasteiger partial charge on any atom is -0.497 e. The Hall–Kier alpha value is -1.04. The van der Waals surface area contributed by atoms with E-state index in [0.29, 0.717) is 0 Å². The third-order valence-corrected chi connectivity index (χ3v) is 4.60. The molecule has 0 bridgehead atoms. The normalized spacial score (nSPS) is 12.2. The Morgan fingerprint density at radius 1 is 1.16 bits per heavy atom. The highest BCUT2D eigenvalue weighted by molar-refractivity contribution is 9.11. The smallest absolute Gasteiger partial charge is 0.124 e. The molecule has 5 heteroatoms. The van der Waals surface area contributed by atoms with E-state index in [1.54, 1.807) is 25.6 Å². The molecule has 0 saturated heterocycles. The van der Waals surface area contributed by atoms with Crippen LogP contribution in [0.25, 0.3) is 0 Å². The van der Waals surface area contributed by atoms with E-state index in [0.717, 1.165) is 20.8 Å². The zero-order valence-electron chi connectivity index (χ0n) is 11.1. The van der Waals surface area contributed by atoms with E-state index in [1.165, 1.54) is 4.88 Å². The number of methoxy groups -OCH3 is 2. The van der Waals surface area contributed by atoms with Crippen molar-refractivity contribution in [1.29, 1.82) is 0 Å². The molecule has 1 unspecified atom stereocenters. The zero-order chi connectivity index (χ0) is 13.8. The summed E-state index contributed by atoms with van der Waals surface area (Å²) in [7, 11) is 5.29. The van der Waals surface area contributed by atoms with Gasteiger partial charge in [0, 0.05) is 10.4 Å². The van der Waals surface area contributed by atoms with Crippen LogP contribution in [0.4, 0.5) is 0 Å². The third kappa shape index (κ3) is 3.11. The summed E-state index contributed by atoms with van der Waals surface area (Å²) in [6.45, 7) is 0. The Balaban J connectivity index is 2.47. The van der Waals surface area contributed by atoms with Gasteiger partial charge in [-0.3, -0.25) is 0 Å². The van der Waals surface area contributed by atoms with Crippen molar-refractivity contribution in [3.05, 3.63) is 44.6 Å². The van der Waals surface area contributed by atoms with Gasteiger partial charge in [0.25, 0.3) is 0 Å². The van der Waals surface area contributed by atoms with Crippen molar-refractivity contribution >= 4 is 27.3 Å². The van der Waals surface area contributed by atoms with Crippen LogP contribution in [0.3, 0.4) is 0 Å². The molecule has 0 aliphatic heterocycles. The van der Waals surface area contributed by atoms with Gasteiger partial charge in [-0.05, 0) is 53.3 Å². The molecule has 19 heavy (non-hydrogen) atoms. The highest BCUT2D eigenvalue weighted by Gasteiger charge is 2.19. The minimum atomic E-state index is 0.0846. The second-order valence-corrected chi connectivity index (χ2v) is 6.47. The predicted molar refractivity (Wildman–Crippen MR) is 82.5 cm³/mol. The number of halogens is 1. The van der Waals surface area contributed by atoms with Crippen molar-refractivity contribution < 1.29 is 9.47 Å². The molecular formula is C14H16BrNO2S. The summed E-state index contributed by atoms with van der Waals surface area (Å²) in [5.74, 6) is 1.68. The standard InChI is InChI=1S/C14H16BrNO2S/c1-16-14(12-6-7-13(15)19-12)10-8-9(17-2)4-5-11(10)18-3/h4-8,14,16H,1-3H3. The second kappa shape index (κ2) is 6.41. The first kappa shape index (κ1) is 14.4. The summed E-state index contributed by atoms with van der Waals surface area (Å²) < 4.78 is 11.9. The lowest BCUT2D eigenvalue weighted by atomic mass is 10.0. The van der Waals surface area contributed by atoms with Crippen molar-refractivity contribution in [2.45, 2.75) is 6.04 Å². The van der Waals surface area contributed by atoms with Gasteiger partial charge in [-0.15, -0.1) is 11.3 Å². The lowest BCUT2D eigenvalue weighted by Gasteiger charge is -2.19. The van der Waals surface area contributed by atoms with Crippen molar-refractivity contribution in [2.24, 2.45) is 0 Å². The monoisotopic (exact) mass is 341 g/mol. The Labute approximate surface area is 125 Å². The van der Waals surface area contributed by atoms with E-state index in [-0.39, 0.29) is 6.04 Å². The lowest BCUT2D eigenvalue weighted by molar-refractivity contribution is 0.395. The summed E-state index contributed by atoms with van der Waals surface area (Å²) in [4.78, 5) is 1.22. The average molecular weight is 342 g/mol. The zero-order valence-corrected chi connectivity index (χ0v) is 13.5. The number of hydrogen-bond acceptors (Lipinski definition) is 4. The van der Waals surface area contributed by atoms with Gasteiger partial charge in [0.1, 0.15) is 11.5 Å². The van der Waals surface area contributed by atoms with Gasteiger partial charge in [0.2, 0.25) is 0 Å². The molecule has 0 amide bonds. The molecular weight excluding hydrogens is 326 g/mol. The molecule has 0 fully saturated rings. The van der Waals surface area contributed by atoms with Gasteiger partial charge in [-0.2, -0.15) is 0 Å². The summed E-state index contributed by atoms with van der Waals surface area (Å²) in [6, 6.07) is 10.1. The molecule has 1 aromatic carbocycles. The fourth-order valence-electron chi connectivity index (χ4n) is 2.00. The van der Waals surface area contributed by atoms with Crippen LogP contribution in [0, 0.1) is 0 Å². The van der Waals surface area contributed by atoms with Crippen molar-refractivity contribution in [1.82, 2.24) is 5.32 Å². The SMILES string of the molecule is CNC(c1ccc(Br)s1)c1cc(OC)ccc1OC. The van der Waals surface area contributed by atoms with E-state index in [1.807, 2.05) is 25.2 Å². The first-order valence-corrected chi connectivity index (χ1v) is 7.45. The Kier molecular flexibility index (Phi) is 4.85. The van der Waals surface area contributed by atoms with Crippen LogP contribution in [0.5, 0.6) is 11.5 Å². The highest BCUT2D eigenvalue weighted by atomic mass is 79.9. The lowest BCUT2D eigenvalue weighted by Crippen LogP contribution is -2.17. The van der Waals surface area contributed by atoms with Crippen molar-refractivity contribution in [2.75, 3.05) is 21.3 Å². The van der Waals surface area contributed by atoms with Gasteiger partial charge >= 0.3 is 0 Å². The van der Waals surface area contributed by atoms with Crippen LogP contribution in [-0.2, 0) is 0 Å². The first-order chi connectivity index (χ1) is 9.19. The molecule has 0 radical (unpaired) electrons. The summed E-state index contributed by atoms with van der Waals surface area (Å²) >= 11 is 5.21. The molecule has 0 aliphatic rings. The van der Waals surface area contributed by atoms with Crippen LogP contribution < -0.4 is 14.8 Å². The second-order valence-electron chi connectivity index (χ2n) is 3.97. The number of ether oxygens (including phenoxy) is 2. The summed E-state index contributed by atoms with van der Waals surface area (Å²) in [5, 5.41) is 3.33. The van der Waals surface area contributed by atoms with Crippen LogP contribution in [0.2, 0.25) is 0 Å². The molecule has 1 heterocycles. The Morgan fingerprint density at radius 2 is 1.95 bits per heavy atom. The van der Waals surface area contributed by atoms with Crippen LogP contribution in [0.1, 0.15) is 16.5 Å². The largest absolute Gasteiger partial charge is 0.497 e. The molecule has 3 nitrogen and oxygen atoms in total. The van der Waals surface area contributed by atoms with Crippen molar-refractivity contribution in [3.8, 4) is 11.5 Å². The fraction of sp³-hybridized carbons (Fsp3) is 0.286. The van der Waals surface area contributed by atoms with Gasteiger partial charge < -0.3 is 14.8 Å². The summed E-state index contributed by atoms with van der Waals surface area (Å²) in [5.41, 5.74) is 1.07. The topological polar surface area (TPSA) is 30.5 Å². The fourth-order valence-corrected chi connectivity index (χ4v) is 3.55. The maximum Gasteiger partial charge on any atom is 0.124 e. The van der Waals surface area contributed by atoms with E-state index in [4.69, 9.17) is 9.47 Å². The average Bonchev–Trinajstić information content (AvgIpc) is 2.86. The van der Waals surface area contributed by atoms with E-state index in [9.17, 15) is 0 Å². The van der Waals surface area contributed by atoms with Gasteiger partial charge in [-0.1, -0.05) is 0 Å². The number of hydrogen-bond donors (Lipinski definition) is 1. The number of thiophene rings is 1. The van der Waals surface area contributed by atoms with E-state index in [2.05, 4.69) is 33.4 Å². The van der Waals surface area contributed by atoms with E-state index >= 15 is 0 Å². The van der Waals surface area contributed by atoms with E-state index < -0.39 is 0 Å². The molecule has 0 spiro atoms. The maximum absolute atomic E-state index is 5.45. The number of benzene rings is 1. The van der Waals surface area contributed by atoms with Crippen LogP contribution in [0.15, 0.2) is 34.1 Å². The van der Waals surface area contributed by atoms with Crippen LogP contribution in [-0.4, -0.2) is 21.3 Å². The molecule has 1 N–H and O–H groups in total. The molecule has 0 saturated carbocycles. The number of nitrogens with one attached hydrogen (secondary N) is 1. The predicted octanol–water partition coefficient (Wildman–Crippen LogP) is 3.84. The first-order valence-electron chi connectivity index (χ1n) is 5.84. The quantitative estimate of drug-likeness (QED) is 0.896. The Bertz CT molecular complexity index is 556. The highest BCUT2D eigenvalue weighted by Crippen LogP contribution is 2.36. The molecule has 0 aliphatic carbocycles. The molecule has 2 rings (SSSR count). The molecule has 2 aromatic rings. The van der Waals surface area contributed by atoms with Gasteiger partial charge in [0.15, 0.2) is 0 Å². The number of rotatable bonds is 5. The molecule has 102 valence electrons. The maximum atomic E-state index is 5.45. The Morgan fingerprint density at radius 3 is 2.47 bits per heavy atom. The van der Waals surface area contributed by atoms with Gasteiger partial charge in [-0.25, -0.2) is 0 Å².